The number of para-hydroxylation sites is 4. The molecule has 0 unspecified atom stereocenters. The fraction of sp³-hybridized carbons (Fsp3) is 0.124. The Morgan fingerprint density at radius 3 is 1.33 bits per heavy atom. The van der Waals surface area contributed by atoms with Crippen molar-refractivity contribution >= 4 is 101 Å². The van der Waals surface area contributed by atoms with Crippen LogP contribution in [-0.2, 0) is 16.2 Å². The second kappa shape index (κ2) is 24.0. The first-order chi connectivity index (χ1) is 55.3. The molecule has 2 aliphatic heterocycles. The number of aromatic nitrogens is 2. The number of benzene rings is 14. The van der Waals surface area contributed by atoms with Crippen molar-refractivity contribution in [2.24, 2.45) is 0 Å². The summed E-state index contributed by atoms with van der Waals surface area (Å²) in [4.78, 5) is 4.54. The van der Waals surface area contributed by atoms with Crippen LogP contribution in [0.1, 0.15) is 102 Å². The molecule has 0 aliphatic carbocycles. The van der Waals surface area contributed by atoms with Crippen molar-refractivity contribution in [2.75, 3.05) is 9.80 Å². The van der Waals surface area contributed by atoms with Gasteiger partial charge in [0.2, 0.25) is 0 Å². The summed E-state index contributed by atoms with van der Waals surface area (Å²) in [5.41, 5.74) is 19.1. The molecule has 6 heteroatoms. The molecule has 5 nitrogen and oxygen atoms in total. The lowest BCUT2D eigenvalue weighted by Crippen LogP contribution is -2.61. The highest BCUT2D eigenvalue weighted by Gasteiger charge is 2.46. The van der Waals surface area contributed by atoms with E-state index in [1.165, 1.54) is 0 Å². The van der Waals surface area contributed by atoms with Gasteiger partial charge in [0.25, 0.3) is 6.71 Å². The Balaban J connectivity index is 1.05. The largest absolute Gasteiger partial charge is 0.310 e. The maximum absolute atomic E-state index is 12.1. The first kappa shape index (κ1) is 50.2. The van der Waals surface area contributed by atoms with Crippen molar-refractivity contribution in [3.05, 3.63) is 331 Å². The molecule has 14 aromatic carbocycles. The van der Waals surface area contributed by atoms with Crippen LogP contribution in [0.25, 0.3) is 111 Å². The average Bonchev–Trinajstić information content (AvgIpc) is 0.842. The molecule has 0 spiro atoms. The van der Waals surface area contributed by atoms with Crippen LogP contribution in [0.2, 0.25) is 0 Å². The molecule has 16 aromatic rings. The SMILES string of the molecule is [2H]c1c([2H])c([2H])c(-c2cccc(-c3cc4c5c(c3)N(c3c(-c6ccccc6)cc(C(C)(C)C)cc3-c3ccccc3)c3cc(-n6c7c([2H])c([2H])c([2H])c([2H])c7c7c([2H])c([2H])c([2H])c([2H])c76)ccc3B5c3ccc(-c5cc(C(C)(C)C)cc(C(C)(C)C)c5)cc3N4c3cc(-n4c5ccccc5c5ccccc54)ccc3C#N)c2)c([2H])c1[2H]. The number of nitrogens with zero attached hydrogens (tertiary/aromatic N) is 5. The van der Waals surface area contributed by atoms with Crippen LogP contribution in [0.5, 0.6) is 0 Å². The molecule has 0 atom stereocenters. The van der Waals surface area contributed by atoms with Gasteiger partial charge in [-0.2, -0.15) is 5.26 Å². The molecule has 0 fully saturated rings. The average molecular weight is 1340 g/mol. The molecular weight excluding hydrogens is 1250 g/mol. The van der Waals surface area contributed by atoms with Crippen molar-refractivity contribution < 1.29 is 17.8 Å². The Kier molecular flexibility index (Phi) is 11.7. The Morgan fingerprint density at radius 1 is 0.320 bits per heavy atom. The minimum atomic E-state index is -0.689. The van der Waals surface area contributed by atoms with Gasteiger partial charge in [0.15, 0.2) is 0 Å². The number of nitriles is 1. The summed E-state index contributed by atoms with van der Waals surface area (Å²) in [6, 6.07) is 75.4. The Morgan fingerprint density at radius 2 is 0.757 bits per heavy atom. The molecule has 0 saturated heterocycles. The number of rotatable bonds is 9. The van der Waals surface area contributed by atoms with Gasteiger partial charge in [0, 0.05) is 66.8 Å². The first-order valence-corrected chi connectivity index (χ1v) is 35.1. The summed E-state index contributed by atoms with van der Waals surface area (Å²) >= 11 is 0. The lowest BCUT2D eigenvalue weighted by molar-refractivity contribution is 0.569. The molecule has 2 aromatic heterocycles. The van der Waals surface area contributed by atoms with Gasteiger partial charge in [-0.3, -0.25) is 0 Å². The predicted molar refractivity (Wildman–Crippen MR) is 437 cm³/mol. The van der Waals surface area contributed by atoms with Gasteiger partial charge in [-0.25, -0.2) is 0 Å². The highest BCUT2D eigenvalue weighted by Crippen LogP contribution is 2.54. The maximum atomic E-state index is 12.1. The summed E-state index contributed by atoms with van der Waals surface area (Å²) in [6.07, 6.45) is 0. The number of anilines is 6. The van der Waals surface area contributed by atoms with Gasteiger partial charge in [-0.1, -0.05) is 280 Å². The van der Waals surface area contributed by atoms with Crippen LogP contribution < -0.4 is 26.2 Å². The molecule has 494 valence electrons. The van der Waals surface area contributed by atoms with E-state index in [2.05, 4.69) is 204 Å². The topological polar surface area (TPSA) is 40.1 Å². The van der Waals surface area contributed by atoms with E-state index < -0.39 is 78.6 Å². The van der Waals surface area contributed by atoms with Crippen LogP contribution in [0.15, 0.2) is 309 Å². The number of fused-ring (bicyclic) bond motifs is 10. The Hall–Kier alpha value is -12.2. The van der Waals surface area contributed by atoms with E-state index in [1.54, 1.807) is 10.6 Å². The van der Waals surface area contributed by atoms with E-state index in [0.717, 1.165) is 105 Å². The van der Waals surface area contributed by atoms with E-state index in [1.807, 2.05) is 103 Å². The van der Waals surface area contributed by atoms with Gasteiger partial charge in [0.1, 0.15) is 6.07 Å². The molecule has 0 N–H and O–H groups in total. The van der Waals surface area contributed by atoms with E-state index in [-0.39, 0.29) is 50.3 Å². The van der Waals surface area contributed by atoms with Gasteiger partial charge in [0.05, 0.1) is 56.8 Å². The van der Waals surface area contributed by atoms with Crippen LogP contribution >= 0.6 is 0 Å². The molecule has 4 heterocycles. The number of hydrogen-bond acceptors (Lipinski definition) is 3. The van der Waals surface area contributed by atoms with Crippen molar-refractivity contribution in [1.82, 2.24) is 9.13 Å². The summed E-state index contributed by atoms with van der Waals surface area (Å²) in [5.74, 6) is 0. The monoisotopic (exact) mass is 1340 g/mol. The Labute approximate surface area is 622 Å². The van der Waals surface area contributed by atoms with Gasteiger partial charge in [-0.05, 0) is 185 Å². The fourth-order valence-electron chi connectivity index (χ4n) is 15.7. The zero-order chi connectivity index (χ0) is 81.5. The molecular formula is C97H78BN5. The smallest absolute Gasteiger partial charge is 0.252 e. The third-order valence-electron chi connectivity index (χ3n) is 20.9. The van der Waals surface area contributed by atoms with Crippen molar-refractivity contribution in [2.45, 2.75) is 78.6 Å². The second-order valence-electron chi connectivity index (χ2n) is 30.3. The van der Waals surface area contributed by atoms with E-state index in [0.29, 0.717) is 50.7 Å². The summed E-state index contributed by atoms with van der Waals surface area (Å²) in [7, 11) is 0. The number of hydrogen-bond donors (Lipinski definition) is 0. The minimum absolute atomic E-state index is 0.0211. The summed E-state index contributed by atoms with van der Waals surface area (Å²) in [6.45, 7) is 19.3. The fourth-order valence-corrected chi connectivity index (χ4v) is 15.7. The zero-order valence-corrected chi connectivity index (χ0v) is 58.8. The molecule has 103 heavy (non-hydrogen) atoms. The van der Waals surface area contributed by atoms with E-state index in [4.69, 9.17) is 6.85 Å². The van der Waals surface area contributed by atoms with Crippen molar-refractivity contribution in [1.29, 1.82) is 5.26 Å². The first-order valence-electron chi connectivity index (χ1n) is 41.6. The molecule has 0 amide bonds. The minimum Gasteiger partial charge on any atom is -0.310 e. The second-order valence-corrected chi connectivity index (χ2v) is 30.3. The third-order valence-corrected chi connectivity index (χ3v) is 20.9. The van der Waals surface area contributed by atoms with Crippen LogP contribution in [0, 0.1) is 11.3 Å². The van der Waals surface area contributed by atoms with Gasteiger partial charge < -0.3 is 18.9 Å². The lowest BCUT2D eigenvalue weighted by Gasteiger charge is -2.45. The molecule has 0 bridgehead atoms. The lowest BCUT2D eigenvalue weighted by atomic mass is 9.33. The van der Waals surface area contributed by atoms with Crippen LogP contribution in [0.3, 0.4) is 0 Å². The standard InChI is InChI=1S/C97H78BN5/c1-95(2,3)71-51-69(52-72(56-71)96(4,5)6)67-45-48-82-89(53-67)102(88-59-74(46-44-68(88)61-99)100-84-40-23-19-36-76(84)77-37-20-24-41-85(77)100)91-54-70(66-35-27-34-65(50-66)62-28-13-10-14-29-62)55-92-93(91)98(82)83-49-47-75(101-86-42-25-21-38-78(86)79-39-22-26-43-87(79)101)60-90(83)103(92)94-80(63-30-15-11-16-31-63)57-73(97(7,8)9)58-81(94)64-32-17-12-18-33-64/h10-60H,1-9H3/i10D,13D,14D,21D,22D,25D,26D,28D,29D,38D,39D,42D,43D. The van der Waals surface area contributed by atoms with Crippen LogP contribution in [-0.4, -0.2) is 15.8 Å². The van der Waals surface area contributed by atoms with Gasteiger partial charge in [-0.15, -0.1) is 0 Å². The van der Waals surface area contributed by atoms with Gasteiger partial charge >= 0.3 is 0 Å². The van der Waals surface area contributed by atoms with E-state index >= 15 is 0 Å². The molecule has 0 radical (unpaired) electrons. The normalized spacial score (nSPS) is 14.6. The molecule has 18 rings (SSSR count). The quantitative estimate of drug-likeness (QED) is 0.135. The zero-order valence-electron chi connectivity index (χ0n) is 71.8. The molecule has 2 aliphatic rings. The molecule has 0 saturated carbocycles. The van der Waals surface area contributed by atoms with E-state index in [9.17, 15) is 16.2 Å². The maximum Gasteiger partial charge on any atom is 0.252 e. The predicted octanol–water partition coefficient (Wildman–Crippen LogP) is 24.1. The third kappa shape index (κ3) is 10.5. The van der Waals surface area contributed by atoms with Crippen molar-refractivity contribution in [3.8, 4) is 73.1 Å². The summed E-state index contributed by atoms with van der Waals surface area (Å²) < 4.78 is 125. The highest BCUT2D eigenvalue weighted by molar-refractivity contribution is 7.00. The van der Waals surface area contributed by atoms with Crippen LogP contribution in [0.4, 0.5) is 34.1 Å². The van der Waals surface area contributed by atoms with Crippen molar-refractivity contribution in [3.63, 3.8) is 0 Å². The summed E-state index contributed by atoms with van der Waals surface area (Å²) in [5, 5.41) is 14.1. The highest BCUT2D eigenvalue weighted by atomic mass is 15.2. The Bertz CT molecular complexity index is 6730.